The summed E-state index contributed by atoms with van der Waals surface area (Å²) in [6, 6.07) is 10.7. The van der Waals surface area contributed by atoms with E-state index in [1.807, 2.05) is 6.07 Å². The summed E-state index contributed by atoms with van der Waals surface area (Å²) in [6.07, 6.45) is 4.80. The monoisotopic (exact) mass is 219 g/mol. The van der Waals surface area contributed by atoms with Gasteiger partial charge < -0.3 is 10.4 Å². The Bertz CT molecular complexity index is 295. The molecule has 0 bridgehead atoms. The van der Waals surface area contributed by atoms with Gasteiger partial charge in [0.1, 0.15) is 0 Å². The average Bonchev–Trinajstić information content (AvgIpc) is 3.15. The van der Waals surface area contributed by atoms with Gasteiger partial charge in [0.2, 0.25) is 0 Å². The largest absolute Gasteiger partial charge is 0.395 e. The van der Waals surface area contributed by atoms with Crippen molar-refractivity contribution in [3.05, 3.63) is 35.9 Å². The minimum Gasteiger partial charge on any atom is -0.395 e. The number of hydrogen-bond donors (Lipinski definition) is 2. The number of hydrogen-bond acceptors (Lipinski definition) is 2. The van der Waals surface area contributed by atoms with Crippen LogP contribution in [0.2, 0.25) is 0 Å². The van der Waals surface area contributed by atoms with Crippen LogP contribution in [0.25, 0.3) is 0 Å². The second-order valence-corrected chi connectivity index (χ2v) is 4.76. The van der Waals surface area contributed by atoms with Crippen molar-refractivity contribution >= 4 is 0 Å². The van der Waals surface area contributed by atoms with Crippen molar-refractivity contribution in [2.75, 3.05) is 13.2 Å². The number of aliphatic hydroxyl groups excluding tert-OH is 1. The van der Waals surface area contributed by atoms with Gasteiger partial charge in [-0.1, -0.05) is 30.3 Å². The number of aliphatic hydroxyl groups is 1. The molecule has 1 aliphatic rings. The highest BCUT2D eigenvalue weighted by atomic mass is 16.3. The zero-order chi connectivity index (χ0) is 11.2. The van der Waals surface area contributed by atoms with Gasteiger partial charge in [0.05, 0.1) is 6.61 Å². The van der Waals surface area contributed by atoms with Crippen LogP contribution in [-0.2, 0) is 6.42 Å². The SMILES string of the molecule is OCC(CCc1ccccc1)NCC1CC1. The van der Waals surface area contributed by atoms with E-state index in [1.165, 1.54) is 18.4 Å². The van der Waals surface area contributed by atoms with E-state index in [2.05, 4.69) is 29.6 Å². The van der Waals surface area contributed by atoms with Crippen LogP contribution in [0, 0.1) is 5.92 Å². The Morgan fingerprint density at radius 1 is 1.25 bits per heavy atom. The molecule has 0 aliphatic heterocycles. The minimum absolute atomic E-state index is 0.250. The summed E-state index contributed by atoms with van der Waals surface area (Å²) >= 11 is 0. The fourth-order valence-corrected chi connectivity index (χ4v) is 1.90. The molecule has 2 heteroatoms. The molecule has 1 unspecified atom stereocenters. The van der Waals surface area contributed by atoms with Crippen molar-refractivity contribution in [3.63, 3.8) is 0 Å². The number of nitrogens with one attached hydrogen (secondary N) is 1. The normalized spacial score (nSPS) is 17.3. The van der Waals surface area contributed by atoms with Crippen molar-refractivity contribution in [1.82, 2.24) is 5.32 Å². The lowest BCUT2D eigenvalue weighted by Gasteiger charge is -2.15. The van der Waals surface area contributed by atoms with Crippen molar-refractivity contribution in [2.24, 2.45) is 5.92 Å². The fraction of sp³-hybridized carbons (Fsp3) is 0.571. The Hall–Kier alpha value is -0.860. The molecule has 1 saturated carbocycles. The maximum Gasteiger partial charge on any atom is 0.0584 e. The van der Waals surface area contributed by atoms with Gasteiger partial charge in [-0.25, -0.2) is 0 Å². The molecule has 0 amide bonds. The molecular formula is C14H21NO. The molecule has 16 heavy (non-hydrogen) atoms. The highest BCUT2D eigenvalue weighted by Crippen LogP contribution is 2.27. The van der Waals surface area contributed by atoms with Crippen LogP contribution in [0.1, 0.15) is 24.8 Å². The Morgan fingerprint density at radius 2 is 2.00 bits per heavy atom. The predicted molar refractivity (Wildman–Crippen MR) is 66.4 cm³/mol. The van der Waals surface area contributed by atoms with E-state index in [4.69, 9.17) is 0 Å². The summed E-state index contributed by atoms with van der Waals surface area (Å²) in [5.41, 5.74) is 1.36. The summed E-state index contributed by atoms with van der Waals surface area (Å²) in [5, 5.41) is 12.7. The lowest BCUT2D eigenvalue weighted by atomic mass is 10.1. The molecule has 0 aromatic heterocycles. The zero-order valence-corrected chi connectivity index (χ0v) is 9.73. The third-order valence-corrected chi connectivity index (χ3v) is 3.24. The smallest absolute Gasteiger partial charge is 0.0584 e. The van der Waals surface area contributed by atoms with Gasteiger partial charge in [0, 0.05) is 6.04 Å². The van der Waals surface area contributed by atoms with E-state index in [-0.39, 0.29) is 12.6 Å². The minimum atomic E-state index is 0.250. The molecule has 1 aromatic carbocycles. The maximum atomic E-state index is 9.27. The second kappa shape index (κ2) is 6.02. The van der Waals surface area contributed by atoms with E-state index in [1.54, 1.807) is 0 Å². The molecule has 2 nitrogen and oxygen atoms in total. The van der Waals surface area contributed by atoms with Crippen molar-refractivity contribution in [3.8, 4) is 0 Å². The molecule has 88 valence electrons. The summed E-state index contributed by atoms with van der Waals surface area (Å²) < 4.78 is 0. The van der Waals surface area contributed by atoms with E-state index in [0.717, 1.165) is 25.3 Å². The lowest BCUT2D eigenvalue weighted by molar-refractivity contribution is 0.234. The Morgan fingerprint density at radius 3 is 2.62 bits per heavy atom. The van der Waals surface area contributed by atoms with E-state index < -0.39 is 0 Å². The topological polar surface area (TPSA) is 32.3 Å². The van der Waals surface area contributed by atoms with Gasteiger partial charge in [-0.3, -0.25) is 0 Å². The first-order chi connectivity index (χ1) is 7.88. The van der Waals surface area contributed by atoms with Crippen molar-refractivity contribution in [1.29, 1.82) is 0 Å². The van der Waals surface area contributed by atoms with Crippen LogP contribution in [0.4, 0.5) is 0 Å². The van der Waals surface area contributed by atoms with Gasteiger partial charge in [-0.15, -0.1) is 0 Å². The van der Waals surface area contributed by atoms with E-state index in [0.29, 0.717) is 0 Å². The van der Waals surface area contributed by atoms with Gasteiger partial charge in [0.25, 0.3) is 0 Å². The Kier molecular flexibility index (Phi) is 4.37. The molecule has 1 atom stereocenters. The standard InChI is InChI=1S/C14H21NO/c16-11-14(15-10-13-6-7-13)9-8-12-4-2-1-3-5-12/h1-5,13-16H,6-11H2. The second-order valence-electron chi connectivity index (χ2n) is 4.76. The molecular weight excluding hydrogens is 198 g/mol. The van der Waals surface area contributed by atoms with Crippen molar-refractivity contribution < 1.29 is 5.11 Å². The molecule has 1 aliphatic carbocycles. The summed E-state index contributed by atoms with van der Waals surface area (Å²) in [5.74, 6) is 0.880. The summed E-state index contributed by atoms with van der Waals surface area (Å²) in [6.45, 7) is 1.33. The third-order valence-electron chi connectivity index (χ3n) is 3.24. The predicted octanol–water partition coefficient (Wildman–Crippen LogP) is 1.98. The van der Waals surface area contributed by atoms with Crippen LogP contribution < -0.4 is 5.32 Å². The first-order valence-electron chi connectivity index (χ1n) is 6.26. The molecule has 0 saturated heterocycles. The molecule has 1 fully saturated rings. The first kappa shape index (κ1) is 11.6. The van der Waals surface area contributed by atoms with Gasteiger partial charge in [-0.05, 0) is 43.7 Å². The van der Waals surface area contributed by atoms with Gasteiger partial charge >= 0.3 is 0 Å². The van der Waals surface area contributed by atoms with Crippen LogP contribution in [0.5, 0.6) is 0 Å². The molecule has 2 N–H and O–H groups in total. The molecule has 2 rings (SSSR count). The lowest BCUT2D eigenvalue weighted by Crippen LogP contribution is -2.34. The highest BCUT2D eigenvalue weighted by Gasteiger charge is 2.21. The number of rotatable bonds is 7. The van der Waals surface area contributed by atoms with Crippen LogP contribution in [0.15, 0.2) is 30.3 Å². The fourth-order valence-electron chi connectivity index (χ4n) is 1.90. The average molecular weight is 219 g/mol. The van der Waals surface area contributed by atoms with Crippen molar-refractivity contribution in [2.45, 2.75) is 31.7 Å². The quantitative estimate of drug-likeness (QED) is 0.735. The Labute approximate surface area is 97.7 Å². The zero-order valence-electron chi connectivity index (χ0n) is 9.73. The highest BCUT2D eigenvalue weighted by molar-refractivity contribution is 5.14. The molecule has 1 aromatic rings. The van der Waals surface area contributed by atoms with Gasteiger partial charge in [0.15, 0.2) is 0 Å². The molecule has 0 radical (unpaired) electrons. The number of benzene rings is 1. The van der Waals surface area contributed by atoms with Crippen LogP contribution in [-0.4, -0.2) is 24.3 Å². The summed E-state index contributed by atoms with van der Waals surface area (Å²) in [4.78, 5) is 0. The summed E-state index contributed by atoms with van der Waals surface area (Å²) in [7, 11) is 0. The van der Waals surface area contributed by atoms with E-state index in [9.17, 15) is 5.11 Å². The molecule has 0 heterocycles. The number of aryl methyl sites for hydroxylation is 1. The maximum absolute atomic E-state index is 9.27. The van der Waals surface area contributed by atoms with Crippen LogP contribution in [0.3, 0.4) is 0 Å². The van der Waals surface area contributed by atoms with Crippen LogP contribution >= 0.6 is 0 Å². The van der Waals surface area contributed by atoms with Gasteiger partial charge in [-0.2, -0.15) is 0 Å². The first-order valence-corrected chi connectivity index (χ1v) is 6.26. The third kappa shape index (κ3) is 3.95. The molecule has 0 spiro atoms. The Balaban J connectivity index is 1.69. The van der Waals surface area contributed by atoms with E-state index >= 15 is 0 Å².